The van der Waals surface area contributed by atoms with Crippen LogP contribution in [0.4, 0.5) is 0 Å². The number of hydrogen-bond acceptors (Lipinski definition) is 4. The highest BCUT2D eigenvalue weighted by Gasteiger charge is 2.24. The van der Waals surface area contributed by atoms with Gasteiger partial charge in [0.25, 0.3) is 5.56 Å². The molecule has 2 unspecified atom stereocenters. The second-order valence-electron chi connectivity index (χ2n) is 3.96. The number of nitrogens with one attached hydrogen (secondary N) is 1. The first-order valence-electron chi connectivity index (χ1n) is 5.34. The summed E-state index contributed by atoms with van der Waals surface area (Å²) in [5, 5.41) is 0. The SMILES string of the molecule is NC1CCCCC1Oc1nc[nH]c(=O)c1I. The summed E-state index contributed by atoms with van der Waals surface area (Å²) < 4.78 is 6.20. The number of nitrogens with two attached hydrogens (primary N) is 1. The van der Waals surface area contributed by atoms with E-state index in [1.807, 2.05) is 22.6 Å². The van der Waals surface area contributed by atoms with E-state index in [0.717, 1.165) is 25.7 Å². The van der Waals surface area contributed by atoms with Crippen molar-refractivity contribution in [2.24, 2.45) is 5.73 Å². The Bertz CT molecular complexity index is 421. The molecule has 0 spiro atoms. The molecule has 0 amide bonds. The molecule has 1 aromatic rings. The van der Waals surface area contributed by atoms with Crippen molar-refractivity contribution in [3.8, 4) is 5.88 Å². The van der Waals surface area contributed by atoms with Gasteiger partial charge in [0.2, 0.25) is 5.88 Å². The Labute approximate surface area is 107 Å². The van der Waals surface area contributed by atoms with Crippen molar-refractivity contribution < 1.29 is 4.74 Å². The van der Waals surface area contributed by atoms with Gasteiger partial charge in [0.05, 0.1) is 6.33 Å². The number of ether oxygens (including phenoxy) is 1. The van der Waals surface area contributed by atoms with E-state index >= 15 is 0 Å². The summed E-state index contributed by atoms with van der Waals surface area (Å²) in [4.78, 5) is 17.9. The fraction of sp³-hybridized carbons (Fsp3) is 0.600. The van der Waals surface area contributed by atoms with Crippen molar-refractivity contribution >= 4 is 22.6 Å². The molecule has 0 aliphatic heterocycles. The molecule has 16 heavy (non-hydrogen) atoms. The third-order valence-electron chi connectivity index (χ3n) is 2.78. The Morgan fingerprint density at radius 1 is 1.50 bits per heavy atom. The molecule has 88 valence electrons. The number of nitrogens with zero attached hydrogens (tertiary/aromatic N) is 1. The fourth-order valence-electron chi connectivity index (χ4n) is 1.86. The van der Waals surface area contributed by atoms with E-state index < -0.39 is 0 Å². The molecule has 0 saturated heterocycles. The predicted molar refractivity (Wildman–Crippen MR) is 68.4 cm³/mol. The number of aromatic amines is 1. The Morgan fingerprint density at radius 2 is 2.25 bits per heavy atom. The largest absolute Gasteiger partial charge is 0.472 e. The van der Waals surface area contributed by atoms with Crippen LogP contribution in [0, 0.1) is 3.57 Å². The average molecular weight is 335 g/mol. The molecule has 2 atom stereocenters. The Hall–Kier alpha value is -0.630. The fourth-order valence-corrected chi connectivity index (χ4v) is 2.29. The Balaban J connectivity index is 2.14. The van der Waals surface area contributed by atoms with E-state index in [1.165, 1.54) is 6.33 Å². The van der Waals surface area contributed by atoms with E-state index in [4.69, 9.17) is 10.5 Å². The Morgan fingerprint density at radius 3 is 3.00 bits per heavy atom. The van der Waals surface area contributed by atoms with Gasteiger partial charge in [-0.05, 0) is 41.9 Å². The van der Waals surface area contributed by atoms with Crippen molar-refractivity contribution in [2.75, 3.05) is 0 Å². The van der Waals surface area contributed by atoms with Gasteiger partial charge in [-0.2, -0.15) is 0 Å². The number of rotatable bonds is 2. The molecular weight excluding hydrogens is 321 g/mol. The molecule has 6 heteroatoms. The van der Waals surface area contributed by atoms with Crippen LogP contribution < -0.4 is 16.0 Å². The first-order valence-corrected chi connectivity index (χ1v) is 6.42. The van der Waals surface area contributed by atoms with Crippen LogP contribution in [0.5, 0.6) is 5.88 Å². The van der Waals surface area contributed by atoms with Gasteiger partial charge in [-0.25, -0.2) is 4.98 Å². The normalized spacial score (nSPS) is 25.4. The highest BCUT2D eigenvalue weighted by molar-refractivity contribution is 14.1. The minimum absolute atomic E-state index is 0.0171. The number of halogens is 1. The van der Waals surface area contributed by atoms with Gasteiger partial charge in [0.15, 0.2) is 0 Å². The first-order chi connectivity index (χ1) is 7.68. The molecule has 1 aliphatic carbocycles. The zero-order valence-electron chi connectivity index (χ0n) is 8.78. The third kappa shape index (κ3) is 2.54. The molecule has 1 aromatic heterocycles. The van der Waals surface area contributed by atoms with Crippen LogP contribution in [-0.2, 0) is 0 Å². The van der Waals surface area contributed by atoms with Crippen molar-refractivity contribution in [1.82, 2.24) is 9.97 Å². The highest BCUT2D eigenvalue weighted by Crippen LogP contribution is 2.22. The van der Waals surface area contributed by atoms with Gasteiger partial charge in [-0.1, -0.05) is 6.42 Å². The second-order valence-corrected chi connectivity index (χ2v) is 5.03. The van der Waals surface area contributed by atoms with E-state index in [2.05, 4.69) is 9.97 Å². The summed E-state index contributed by atoms with van der Waals surface area (Å²) in [5.74, 6) is 0.395. The molecular formula is C10H14IN3O2. The van der Waals surface area contributed by atoms with E-state index in [1.54, 1.807) is 0 Å². The minimum atomic E-state index is -0.171. The van der Waals surface area contributed by atoms with Crippen LogP contribution in [0.2, 0.25) is 0 Å². The molecule has 2 rings (SSSR count). The lowest BCUT2D eigenvalue weighted by Crippen LogP contribution is -2.41. The topological polar surface area (TPSA) is 81.0 Å². The van der Waals surface area contributed by atoms with Crippen molar-refractivity contribution in [3.63, 3.8) is 0 Å². The van der Waals surface area contributed by atoms with Crippen molar-refractivity contribution in [1.29, 1.82) is 0 Å². The number of hydrogen-bond donors (Lipinski definition) is 2. The maximum absolute atomic E-state index is 11.3. The lowest BCUT2D eigenvalue weighted by atomic mass is 9.93. The van der Waals surface area contributed by atoms with Gasteiger partial charge in [0, 0.05) is 6.04 Å². The van der Waals surface area contributed by atoms with Crippen LogP contribution in [-0.4, -0.2) is 22.1 Å². The summed E-state index contributed by atoms with van der Waals surface area (Å²) in [7, 11) is 0. The summed E-state index contributed by atoms with van der Waals surface area (Å²) >= 11 is 1.94. The molecule has 5 nitrogen and oxygen atoms in total. The molecule has 0 aromatic carbocycles. The molecule has 1 fully saturated rings. The molecule has 0 radical (unpaired) electrons. The second kappa shape index (κ2) is 5.13. The smallest absolute Gasteiger partial charge is 0.268 e. The van der Waals surface area contributed by atoms with Crippen molar-refractivity contribution in [2.45, 2.75) is 37.8 Å². The van der Waals surface area contributed by atoms with Crippen LogP contribution in [0.1, 0.15) is 25.7 Å². The van der Waals surface area contributed by atoms with Gasteiger partial charge in [-0.3, -0.25) is 4.79 Å². The monoisotopic (exact) mass is 335 g/mol. The van der Waals surface area contributed by atoms with Gasteiger partial charge in [0.1, 0.15) is 9.67 Å². The zero-order valence-corrected chi connectivity index (χ0v) is 10.9. The number of H-pyrrole nitrogens is 1. The lowest BCUT2D eigenvalue weighted by Gasteiger charge is -2.28. The van der Waals surface area contributed by atoms with Crippen LogP contribution >= 0.6 is 22.6 Å². The van der Waals surface area contributed by atoms with E-state index in [-0.39, 0.29) is 17.7 Å². The molecule has 0 bridgehead atoms. The van der Waals surface area contributed by atoms with Gasteiger partial charge < -0.3 is 15.5 Å². The predicted octanol–water partition coefficient (Wildman–Crippen LogP) is 1.02. The minimum Gasteiger partial charge on any atom is -0.472 e. The van der Waals surface area contributed by atoms with Crippen LogP contribution in [0.15, 0.2) is 11.1 Å². The highest BCUT2D eigenvalue weighted by atomic mass is 127. The van der Waals surface area contributed by atoms with Crippen LogP contribution in [0.3, 0.4) is 0 Å². The lowest BCUT2D eigenvalue weighted by molar-refractivity contribution is 0.125. The molecule has 3 N–H and O–H groups in total. The van der Waals surface area contributed by atoms with Crippen molar-refractivity contribution in [3.05, 3.63) is 20.3 Å². The summed E-state index contributed by atoms with van der Waals surface area (Å²) in [6.45, 7) is 0. The number of aromatic nitrogens is 2. The van der Waals surface area contributed by atoms with E-state index in [0.29, 0.717) is 9.45 Å². The first kappa shape index (κ1) is 11.8. The van der Waals surface area contributed by atoms with E-state index in [9.17, 15) is 4.79 Å². The van der Waals surface area contributed by atoms with Gasteiger partial charge >= 0.3 is 0 Å². The third-order valence-corrected chi connectivity index (χ3v) is 3.73. The zero-order chi connectivity index (χ0) is 11.5. The van der Waals surface area contributed by atoms with Gasteiger partial charge in [-0.15, -0.1) is 0 Å². The quantitative estimate of drug-likeness (QED) is 0.791. The Kier molecular flexibility index (Phi) is 3.80. The average Bonchev–Trinajstić information content (AvgIpc) is 2.28. The van der Waals surface area contributed by atoms with Crippen LogP contribution in [0.25, 0.3) is 0 Å². The summed E-state index contributed by atoms with van der Waals surface area (Å²) in [5.41, 5.74) is 5.80. The summed E-state index contributed by atoms with van der Waals surface area (Å²) in [6, 6.07) is 0.0469. The molecule has 1 aliphatic rings. The molecule has 1 heterocycles. The maximum atomic E-state index is 11.3. The maximum Gasteiger partial charge on any atom is 0.268 e. The standard InChI is InChI=1S/C10H14IN3O2/c11-8-9(15)13-5-14-10(8)16-7-4-2-1-3-6(7)12/h5-7H,1-4,12H2,(H,13,14,15). The summed E-state index contributed by atoms with van der Waals surface area (Å²) in [6.07, 6.45) is 5.53. The molecule has 1 saturated carbocycles.